The lowest BCUT2D eigenvalue weighted by Crippen LogP contribution is -2.20. The number of nitrogens with zero attached hydrogens (tertiary/aromatic N) is 1. The highest BCUT2D eigenvalue weighted by Gasteiger charge is 2.34. The molecule has 4 nitrogen and oxygen atoms in total. The fraction of sp³-hybridized carbons (Fsp3) is 0.273. The van der Waals surface area contributed by atoms with Crippen molar-refractivity contribution in [2.24, 2.45) is 0 Å². The number of nitrogens with one attached hydrogen (secondary N) is 1. The SMILES string of the molecule is C=CCC(CCOc1ccc(C#N)c(C(F)(F)F)c1)Oc1ccc(C=N)c(C(F)(F)F)c1. The standard InChI is InChI=1S/C22H18F6N2O2/c1-2-3-16(32-18-7-5-15(13-30)20(11-18)22(26,27)28)8-9-31-17-6-4-14(12-29)19(10-17)21(23,24)25/h2,4-7,10-11,13,16,30H,1,3,8-9H2. The average molecular weight is 456 g/mol. The molecule has 0 saturated heterocycles. The van der Waals surface area contributed by atoms with Crippen LogP contribution < -0.4 is 9.47 Å². The number of hydrogen-bond donors (Lipinski definition) is 1. The molecule has 0 aliphatic carbocycles. The van der Waals surface area contributed by atoms with Gasteiger partial charge >= 0.3 is 12.4 Å². The lowest BCUT2D eigenvalue weighted by molar-refractivity contribution is -0.138. The summed E-state index contributed by atoms with van der Waals surface area (Å²) in [6, 6.07) is 7.60. The summed E-state index contributed by atoms with van der Waals surface area (Å²) in [5.74, 6) is -0.184. The fourth-order valence-electron chi connectivity index (χ4n) is 2.84. The van der Waals surface area contributed by atoms with E-state index in [1.807, 2.05) is 0 Å². The molecule has 0 amide bonds. The van der Waals surface area contributed by atoms with E-state index in [0.29, 0.717) is 12.3 Å². The molecule has 32 heavy (non-hydrogen) atoms. The van der Waals surface area contributed by atoms with Gasteiger partial charge in [-0.2, -0.15) is 31.6 Å². The van der Waals surface area contributed by atoms with Crippen molar-refractivity contribution in [1.82, 2.24) is 0 Å². The first-order valence-corrected chi connectivity index (χ1v) is 9.23. The van der Waals surface area contributed by atoms with Crippen LogP contribution in [0.1, 0.15) is 35.1 Å². The average Bonchev–Trinajstić information content (AvgIpc) is 2.72. The summed E-state index contributed by atoms with van der Waals surface area (Å²) in [7, 11) is 0. The van der Waals surface area contributed by atoms with Crippen molar-refractivity contribution in [2.45, 2.75) is 31.3 Å². The van der Waals surface area contributed by atoms with Crippen molar-refractivity contribution in [3.63, 3.8) is 0 Å². The highest BCUT2D eigenvalue weighted by Crippen LogP contribution is 2.35. The first-order chi connectivity index (χ1) is 15.0. The normalized spacial score (nSPS) is 12.5. The maximum absolute atomic E-state index is 13.2. The van der Waals surface area contributed by atoms with Crippen molar-refractivity contribution >= 4 is 6.21 Å². The maximum Gasteiger partial charge on any atom is 0.417 e. The molecule has 1 unspecified atom stereocenters. The number of halogens is 6. The third-order valence-corrected chi connectivity index (χ3v) is 4.34. The van der Waals surface area contributed by atoms with E-state index in [1.54, 1.807) is 0 Å². The first-order valence-electron chi connectivity index (χ1n) is 9.23. The largest absolute Gasteiger partial charge is 0.493 e. The van der Waals surface area contributed by atoms with Crippen molar-refractivity contribution in [3.05, 3.63) is 71.3 Å². The molecule has 0 aromatic heterocycles. The zero-order valence-electron chi connectivity index (χ0n) is 16.6. The molecule has 2 aromatic rings. The van der Waals surface area contributed by atoms with Gasteiger partial charge in [-0.05, 0) is 36.4 Å². The topological polar surface area (TPSA) is 66.1 Å². The maximum atomic E-state index is 13.2. The van der Waals surface area contributed by atoms with Gasteiger partial charge in [-0.1, -0.05) is 6.08 Å². The quantitative estimate of drug-likeness (QED) is 0.270. The molecule has 10 heteroatoms. The second-order valence-electron chi connectivity index (χ2n) is 6.61. The molecule has 2 rings (SSSR count). The number of alkyl halides is 6. The lowest BCUT2D eigenvalue weighted by Gasteiger charge is -2.20. The van der Waals surface area contributed by atoms with Gasteiger partial charge in [0.2, 0.25) is 0 Å². The molecule has 0 aliphatic rings. The van der Waals surface area contributed by atoms with Crippen molar-refractivity contribution in [2.75, 3.05) is 6.61 Å². The van der Waals surface area contributed by atoms with E-state index in [0.717, 1.165) is 18.2 Å². The Labute approximate surface area is 180 Å². The first kappa shape index (κ1) is 24.8. The minimum absolute atomic E-state index is 0.0764. The van der Waals surface area contributed by atoms with Crippen molar-refractivity contribution in [3.8, 4) is 17.6 Å². The van der Waals surface area contributed by atoms with E-state index in [9.17, 15) is 26.3 Å². The molecule has 0 fully saturated rings. The highest BCUT2D eigenvalue weighted by molar-refractivity contribution is 5.80. The number of benzene rings is 2. The third kappa shape index (κ3) is 6.51. The summed E-state index contributed by atoms with van der Waals surface area (Å²) in [6.45, 7) is 3.47. The van der Waals surface area contributed by atoms with Crippen LogP contribution in [0.25, 0.3) is 0 Å². The van der Waals surface area contributed by atoms with Gasteiger partial charge in [-0.25, -0.2) is 0 Å². The number of nitriles is 1. The zero-order valence-corrected chi connectivity index (χ0v) is 16.6. The minimum atomic E-state index is -4.72. The Morgan fingerprint density at radius 3 is 2.19 bits per heavy atom. The van der Waals surface area contributed by atoms with Gasteiger partial charge in [0.25, 0.3) is 0 Å². The molecular formula is C22H18F6N2O2. The molecule has 0 spiro atoms. The fourth-order valence-corrected chi connectivity index (χ4v) is 2.84. The Bertz CT molecular complexity index is 1010. The van der Waals surface area contributed by atoms with E-state index in [4.69, 9.17) is 20.1 Å². The Morgan fingerprint density at radius 1 is 1.00 bits per heavy atom. The monoisotopic (exact) mass is 456 g/mol. The molecule has 0 radical (unpaired) electrons. The molecule has 2 aromatic carbocycles. The Kier molecular flexibility index (Phi) is 7.92. The smallest absolute Gasteiger partial charge is 0.417 e. The second kappa shape index (κ2) is 10.2. The number of rotatable bonds is 9. The zero-order chi connectivity index (χ0) is 23.9. The van der Waals surface area contributed by atoms with E-state index in [2.05, 4.69) is 6.58 Å². The Hall–Kier alpha value is -3.48. The van der Waals surface area contributed by atoms with E-state index < -0.39 is 35.1 Å². The number of hydrogen-bond acceptors (Lipinski definition) is 4. The van der Waals surface area contributed by atoms with E-state index in [1.165, 1.54) is 24.3 Å². The van der Waals surface area contributed by atoms with Crippen LogP contribution in [0.4, 0.5) is 26.3 Å². The molecular weight excluding hydrogens is 438 g/mol. The Balaban J connectivity index is 2.10. The van der Waals surface area contributed by atoms with Gasteiger partial charge in [0, 0.05) is 24.6 Å². The van der Waals surface area contributed by atoms with Crippen LogP contribution in [0.2, 0.25) is 0 Å². The van der Waals surface area contributed by atoms with Crippen LogP contribution in [0.5, 0.6) is 11.5 Å². The summed E-state index contributed by atoms with van der Waals surface area (Å²) in [5, 5.41) is 15.9. The summed E-state index contributed by atoms with van der Waals surface area (Å²) < 4.78 is 89.6. The molecule has 170 valence electrons. The van der Waals surface area contributed by atoms with Crippen molar-refractivity contribution in [1.29, 1.82) is 10.7 Å². The van der Waals surface area contributed by atoms with Crippen LogP contribution in [0.3, 0.4) is 0 Å². The molecule has 0 heterocycles. The summed E-state index contributed by atoms with van der Waals surface area (Å²) in [4.78, 5) is 0. The highest BCUT2D eigenvalue weighted by atomic mass is 19.4. The molecule has 1 N–H and O–H groups in total. The molecule has 1 atom stereocenters. The second-order valence-corrected chi connectivity index (χ2v) is 6.61. The molecule has 0 bridgehead atoms. The third-order valence-electron chi connectivity index (χ3n) is 4.34. The van der Waals surface area contributed by atoms with Gasteiger partial charge in [0.1, 0.15) is 17.6 Å². The van der Waals surface area contributed by atoms with Crippen LogP contribution in [-0.2, 0) is 12.4 Å². The van der Waals surface area contributed by atoms with Gasteiger partial charge in [0.15, 0.2) is 0 Å². The molecule has 0 aliphatic heterocycles. The Morgan fingerprint density at radius 2 is 1.62 bits per heavy atom. The van der Waals surface area contributed by atoms with Gasteiger partial charge < -0.3 is 14.9 Å². The number of ether oxygens (including phenoxy) is 2. The summed E-state index contributed by atoms with van der Waals surface area (Å²) >= 11 is 0. The summed E-state index contributed by atoms with van der Waals surface area (Å²) in [5.41, 5.74) is -2.99. The van der Waals surface area contributed by atoms with E-state index >= 15 is 0 Å². The van der Waals surface area contributed by atoms with E-state index in [-0.39, 0.29) is 36.5 Å². The van der Waals surface area contributed by atoms with Crippen LogP contribution in [-0.4, -0.2) is 18.9 Å². The predicted octanol–water partition coefficient (Wildman–Crippen LogP) is 6.39. The van der Waals surface area contributed by atoms with Crippen LogP contribution in [0.15, 0.2) is 49.1 Å². The van der Waals surface area contributed by atoms with Crippen LogP contribution in [0, 0.1) is 16.7 Å². The van der Waals surface area contributed by atoms with Crippen LogP contribution >= 0.6 is 0 Å². The van der Waals surface area contributed by atoms with Gasteiger partial charge in [0.05, 0.1) is 29.4 Å². The summed E-state index contributed by atoms with van der Waals surface area (Å²) in [6.07, 6.45) is -7.58. The minimum Gasteiger partial charge on any atom is -0.493 e. The van der Waals surface area contributed by atoms with Gasteiger partial charge in [-0.15, -0.1) is 6.58 Å². The lowest BCUT2D eigenvalue weighted by atomic mass is 10.1. The van der Waals surface area contributed by atoms with Gasteiger partial charge in [-0.3, -0.25) is 0 Å². The molecule has 0 saturated carbocycles. The van der Waals surface area contributed by atoms with Crippen molar-refractivity contribution < 1.29 is 35.8 Å². The predicted molar refractivity (Wildman–Crippen MR) is 105 cm³/mol.